The molecule has 2 aromatic carbocycles. The van der Waals surface area contributed by atoms with Crippen molar-refractivity contribution in [2.45, 2.75) is 64.3 Å². The molecular weight excluding hydrogens is 455 g/mol. The molecule has 0 saturated carbocycles. The number of ether oxygens (including phenoxy) is 1. The summed E-state index contributed by atoms with van der Waals surface area (Å²) < 4.78 is 44.4. The van der Waals surface area contributed by atoms with E-state index in [1.807, 2.05) is 17.9 Å². The van der Waals surface area contributed by atoms with Crippen LogP contribution < -0.4 is 4.74 Å². The number of alkyl halides is 3. The minimum absolute atomic E-state index is 0.0568. The van der Waals surface area contributed by atoms with Crippen LogP contribution in [0, 0.1) is 25.2 Å². The summed E-state index contributed by atoms with van der Waals surface area (Å²) in [6, 6.07) is 11.1. The molecule has 0 N–H and O–H groups in total. The van der Waals surface area contributed by atoms with Crippen molar-refractivity contribution < 1.29 is 22.7 Å². The first-order chi connectivity index (χ1) is 16.6. The Morgan fingerprint density at radius 1 is 1.11 bits per heavy atom. The highest BCUT2D eigenvalue weighted by atomic mass is 19.4. The molecule has 5 nitrogen and oxygen atoms in total. The summed E-state index contributed by atoms with van der Waals surface area (Å²) in [6.45, 7) is 8.15. The van der Waals surface area contributed by atoms with Crippen molar-refractivity contribution in [2.24, 2.45) is 0 Å². The van der Waals surface area contributed by atoms with Gasteiger partial charge in [-0.1, -0.05) is 6.07 Å². The van der Waals surface area contributed by atoms with Crippen molar-refractivity contribution in [2.75, 3.05) is 19.7 Å². The van der Waals surface area contributed by atoms with Gasteiger partial charge >= 0.3 is 6.18 Å². The number of carbonyl (C=O) groups excluding carboxylic acids is 1. The third-order valence-electron chi connectivity index (χ3n) is 7.42. The Morgan fingerprint density at radius 2 is 1.83 bits per heavy atom. The zero-order valence-corrected chi connectivity index (χ0v) is 20.2. The molecule has 1 amide bonds. The SMILES string of the molecule is Cc1c(OCCCC#N)ccc([C@H](C)N2CC3CC2CN3C(=O)c2ccc(C(F)(F)F)cc2)c1C. The summed E-state index contributed by atoms with van der Waals surface area (Å²) in [5.74, 6) is 0.635. The summed E-state index contributed by atoms with van der Waals surface area (Å²) in [6.07, 6.45) is -2.37. The van der Waals surface area contributed by atoms with E-state index in [1.165, 1.54) is 23.3 Å². The van der Waals surface area contributed by atoms with E-state index >= 15 is 0 Å². The number of benzene rings is 2. The van der Waals surface area contributed by atoms with E-state index in [2.05, 4.69) is 30.9 Å². The number of fused-ring (bicyclic) bond motifs is 2. The van der Waals surface area contributed by atoms with Crippen LogP contribution in [-0.2, 0) is 6.18 Å². The molecule has 186 valence electrons. The highest BCUT2D eigenvalue weighted by molar-refractivity contribution is 5.94. The van der Waals surface area contributed by atoms with Crippen LogP contribution >= 0.6 is 0 Å². The zero-order valence-electron chi connectivity index (χ0n) is 20.2. The quantitative estimate of drug-likeness (QED) is 0.475. The average molecular weight is 486 g/mol. The maximum atomic E-state index is 13.0. The molecule has 2 fully saturated rings. The molecule has 0 radical (unpaired) electrons. The number of nitrogens with zero attached hydrogens (tertiary/aromatic N) is 3. The molecular formula is C27H30F3N3O2. The lowest BCUT2D eigenvalue weighted by molar-refractivity contribution is -0.137. The highest BCUT2D eigenvalue weighted by Crippen LogP contribution is 2.39. The van der Waals surface area contributed by atoms with E-state index in [4.69, 9.17) is 10.00 Å². The maximum absolute atomic E-state index is 13.0. The van der Waals surface area contributed by atoms with Gasteiger partial charge in [-0.05, 0) is 80.6 Å². The molecule has 2 aromatic rings. The molecule has 0 aromatic heterocycles. The minimum Gasteiger partial charge on any atom is -0.493 e. The fraction of sp³-hybridized carbons (Fsp3) is 0.481. The minimum atomic E-state index is -4.41. The van der Waals surface area contributed by atoms with Gasteiger partial charge in [0.1, 0.15) is 5.75 Å². The van der Waals surface area contributed by atoms with Crippen molar-refractivity contribution in [1.82, 2.24) is 9.80 Å². The normalized spacial score (nSPS) is 20.7. The number of hydrogen-bond acceptors (Lipinski definition) is 4. The number of rotatable bonds is 7. The van der Waals surface area contributed by atoms with Crippen LogP contribution in [0.5, 0.6) is 5.75 Å². The molecule has 0 aliphatic carbocycles. The van der Waals surface area contributed by atoms with Gasteiger partial charge in [-0.25, -0.2) is 0 Å². The van der Waals surface area contributed by atoms with Crippen molar-refractivity contribution in [3.63, 3.8) is 0 Å². The van der Waals surface area contributed by atoms with Crippen LogP contribution in [0.2, 0.25) is 0 Å². The number of unbranched alkanes of at least 4 members (excludes halogenated alkanes) is 1. The molecule has 2 saturated heterocycles. The first-order valence-electron chi connectivity index (χ1n) is 12.0. The Balaban J connectivity index is 1.41. The Morgan fingerprint density at radius 3 is 2.43 bits per heavy atom. The van der Waals surface area contributed by atoms with E-state index in [0.29, 0.717) is 31.6 Å². The van der Waals surface area contributed by atoms with Gasteiger partial charge in [-0.2, -0.15) is 18.4 Å². The van der Waals surface area contributed by atoms with Gasteiger partial charge in [0, 0.05) is 43.2 Å². The molecule has 2 unspecified atom stereocenters. The smallest absolute Gasteiger partial charge is 0.416 e. The van der Waals surface area contributed by atoms with Gasteiger partial charge in [0.05, 0.1) is 18.2 Å². The Labute approximate surface area is 204 Å². The summed E-state index contributed by atoms with van der Waals surface area (Å²) in [4.78, 5) is 17.2. The largest absolute Gasteiger partial charge is 0.493 e. The second-order valence-electron chi connectivity index (χ2n) is 9.46. The summed E-state index contributed by atoms with van der Waals surface area (Å²) >= 11 is 0. The Hall–Kier alpha value is -3.05. The van der Waals surface area contributed by atoms with Crippen molar-refractivity contribution >= 4 is 5.91 Å². The summed E-state index contributed by atoms with van der Waals surface area (Å²) in [7, 11) is 0. The number of likely N-dealkylation sites (tertiary alicyclic amines) is 2. The molecule has 2 aliphatic heterocycles. The third-order valence-corrected chi connectivity index (χ3v) is 7.42. The second kappa shape index (κ2) is 9.90. The number of halogens is 3. The molecule has 2 bridgehead atoms. The average Bonchev–Trinajstić information content (AvgIpc) is 3.44. The van der Waals surface area contributed by atoms with Crippen molar-refractivity contribution in [3.05, 3.63) is 64.2 Å². The molecule has 8 heteroatoms. The maximum Gasteiger partial charge on any atom is 0.416 e. The fourth-order valence-electron chi connectivity index (χ4n) is 5.33. The molecule has 2 aliphatic rings. The number of hydrogen-bond donors (Lipinski definition) is 0. The predicted octanol–water partition coefficient (Wildman–Crippen LogP) is 5.66. The third kappa shape index (κ3) is 5.01. The zero-order chi connectivity index (χ0) is 25.3. The lowest BCUT2D eigenvalue weighted by atomic mass is 9.96. The van der Waals surface area contributed by atoms with Gasteiger partial charge in [0.2, 0.25) is 0 Å². The lowest BCUT2D eigenvalue weighted by Gasteiger charge is -2.38. The van der Waals surface area contributed by atoms with Crippen LogP contribution in [0.3, 0.4) is 0 Å². The Kier molecular flexibility index (Phi) is 7.09. The van der Waals surface area contributed by atoms with Gasteiger partial charge in [-0.3, -0.25) is 9.69 Å². The Bertz CT molecular complexity index is 1120. The molecule has 3 atom stereocenters. The lowest BCUT2D eigenvalue weighted by Crippen LogP contribution is -2.49. The van der Waals surface area contributed by atoms with Gasteiger partial charge in [-0.15, -0.1) is 0 Å². The first-order valence-corrected chi connectivity index (χ1v) is 12.0. The molecule has 35 heavy (non-hydrogen) atoms. The van der Waals surface area contributed by atoms with Crippen molar-refractivity contribution in [3.8, 4) is 11.8 Å². The van der Waals surface area contributed by atoms with E-state index in [1.54, 1.807) is 0 Å². The van der Waals surface area contributed by atoms with Crippen LogP contribution in [0.25, 0.3) is 0 Å². The monoisotopic (exact) mass is 485 g/mol. The second-order valence-corrected chi connectivity index (χ2v) is 9.46. The van der Waals surface area contributed by atoms with Crippen LogP contribution in [0.4, 0.5) is 13.2 Å². The van der Waals surface area contributed by atoms with Gasteiger partial charge in [0.25, 0.3) is 5.91 Å². The summed E-state index contributed by atoms with van der Waals surface area (Å²) in [5, 5.41) is 8.68. The van der Waals surface area contributed by atoms with Gasteiger partial charge < -0.3 is 9.64 Å². The van der Waals surface area contributed by atoms with E-state index < -0.39 is 11.7 Å². The number of piperazine rings is 1. The topological polar surface area (TPSA) is 56.6 Å². The molecule has 4 rings (SSSR count). The molecule has 0 spiro atoms. The fourth-order valence-corrected chi connectivity index (χ4v) is 5.33. The highest BCUT2D eigenvalue weighted by Gasteiger charge is 2.47. The number of nitriles is 1. The first kappa shape index (κ1) is 25.1. The van der Waals surface area contributed by atoms with Crippen LogP contribution in [0.1, 0.15) is 64.8 Å². The van der Waals surface area contributed by atoms with E-state index in [0.717, 1.165) is 36.4 Å². The summed E-state index contributed by atoms with van der Waals surface area (Å²) in [5.41, 5.74) is 3.04. The van der Waals surface area contributed by atoms with E-state index in [9.17, 15) is 18.0 Å². The molecule has 2 heterocycles. The number of amides is 1. The van der Waals surface area contributed by atoms with Crippen LogP contribution in [-0.4, -0.2) is 47.5 Å². The standard InChI is InChI=1S/C27H30F3N3O2/c1-17-18(2)25(35-13-5-4-12-31)11-10-24(17)19(3)32-15-23-14-22(32)16-33(23)26(34)20-6-8-21(9-7-20)27(28,29)30/h6-11,19,22-23H,4-5,13-16H2,1-3H3/t19-,22?,23?/m0/s1. The van der Waals surface area contributed by atoms with Gasteiger partial charge in [0.15, 0.2) is 0 Å². The predicted molar refractivity (Wildman–Crippen MR) is 126 cm³/mol. The van der Waals surface area contributed by atoms with Crippen molar-refractivity contribution in [1.29, 1.82) is 5.26 Å². The van der Waals surface area contributed by atoms with Crippen LogP contribution in [0.15, 0.2) is 36.4 Å². The number of carbonyl (C=O) groups is 1. The van der Waals surface area contributed by atoms with E-state index in [-0.39, 0.29) is 24.0 Å².